The van der Waals surface area contributed by atoms with Crippen molar-refractivity contribution in [3.8, 4) is 0 Å². The molecule has 128 valence electrons. The van der Waals surface area contributed by atoms with E-state index in [2.05, 4.69) is 0 Å². The summed E-state index contributed by atoms with van der Waals surface area (Å²) in [4.78, 5) is 26.5. The highest BCUT2D eigenvalue weighted by Crippen LogP contribution is 2.14. The first-order valence-electron chi connectivity index (χ1n) is 8.10. The van der Waals surface area contributed by atoms with Gasteiger partial charge < -0.3 is 9.32 Å². The van der Waals surface area contributed by atoms with Gasteiger partial charge in [-0.1, -0.05) is 31.2 Å². The molecule has 0 N–H and O–H groups in total. The van der Waals surface area contributed by atoms with Crippen LogP contribution in [0.15, 0.2) is 64.0 Å². The highest BCUT2D eigenvalue weighted by molar-refractivity contribution is 5.77. The second kappa shape index (κ2) is 7.30. The van der Waals surface area contributed by atoms with Gasteiger partial charge in [0.25, 0.3) is 0 Å². The van der Waals surface area contributed by atoms with Crippen LogP contribution in [0.3, 0.4) is 0 Å². The van der Waals surface area contributed by atoms with Crippen LogP contribution < -0.4 is 5.43 Å². The van der Waals surface area contributed by atoms with E-state index in [4.69, 9.17) is 4.42 Å². The van der Waals surface area contributed by atoms with E-state index in [0.717, 1.165) is 5.56 Å². The largest absolute Gasteiger partial charge is 0.464 e. The fraction of sp³-hybridized carbons (Fsp3) is 0.200. The third kappa shape index (κ3) is 3.76. The molecule has 0 saturated heterocycles. The lowest BCUT2D eigenvalue weighted by atomic mass is 10.1. The number of amides is 1. The smallest absolute Gasteiger partial charge is 0.222 e. The Balaban J connectivity index is 1.90. The molecule has 0 aliphatic heterocycles. The van der Waals surface area contributed by atoms with Gasteiger partial charge in [0.15, 0.2) is 5.43 Å². The molecule has 1 aromatic heterocycles. The third-order valence-corrected chi connectivity index (χ3v) is 4.05. The second-order valence-electron chi connectivity index (χ2n) is 5.82. The molecule has 1 amide bonds. The van der Waals surface area contributed by atoms with Crippen molar-refractivity contribution < 1.29 is 13.6 Å². The minimum atomic E-state index is -0.327. The lowest BCUT2D eigenvalue weighted by Crippen LogP contribution is -2.31. The maximum atomic E-state index is 13.1. The number of hydrogen-bond donors (Lipinski definition) is 0. The van der Waals surface area contributed by atoms with E-state index >= 15 is 0 Å². The van der Waals surface area contributed by atoms with Crippen molar-refractivity contribution in [1.29, 1.82) is 0 Å². The summed E-state index contributed by atoms with van der Waals surface area (Å²) in [6.45, 7) is 2.22. The molecule has 0 saturated carbocycles. The molecule has 2 aromatic carbocycles. The van der Waals surface area contributed by atoms with Gasteiger partial charge in [-0.25, -0.2) is 4.39 Å². The number of fused-ring (bicyclic) bond motifs is 1. The number of rotatable bonds is 5. The molecule has 0 radical (unpaired) electrons. The molecule has 5 heteroatoms. The molecular weight excluding hydrogens is 321 g/mol. The number of para-hydroxylation sites is 1. The van der Waals surface area contributed by atoms with Gasteiger partial charge >= 0.3 is 0 Å². The van der Waals surface area contributed by atoms with Crippen LogP contribution in [0.2, 0.25) is 0 Å². The minimum absolute atomic E-state index is 0.0862. The van der Waals surface area contributed by atoms with Crippen LogP contribution in [0, 0.1) is 5.82 Å². The SMILES string of the molecule is CCC(=O)N(Cc1ccc(F)cc1)Cc1coc2ccccc2c1=O. The van der Waals surface area contributed by atoms with Crippen LogP contribution in [-0.4, -0.2) is 10.8 Å². The van der Waals surface area contributed by atoms with Gasteiger partial charge in [0, 0.05) is 13.0 Å². The Morgan fingerprint density at radius 3 is 2.52 bits per heavy atom. The molecule has 0 bridgehead atoms. The van der Waals surface area contributed by atoms with Crippen LogP contribution in [0.4, 0.5) is 4.39 Å². The Morgan fingerprint density at radius 1 is 1.08 bits per heavy atom. The number of benzene rings is 2. The highest BCUT2D eigenvalue weighted by Gasteiger charge is 2.16. The van der Waals surface area contributed by atoms with Crippen LogP contribution in [-0.2, 0) is 17.9 Å². The van der Waals surface area contributed by atoms with E-state index in [1.54, 1.807) is 48.2 Å². The van der Waals surface area contributed by atoms with Crippen LogP contribution in [0.5, 0.6) is 0 Å². The second-order valence-corrected chi connectivity index (χ2v) is 5.82. The van der Waals surface area contributed by atoms with E-state index < -0.39 is 0 Å². The monoisotopic (exact) mass is 339 g/mol. The Hall–Kier alpha value is -2.95. The fourth-order valence-electron chi connectivity index (χ4n) is 2.70. The van der Waals surface area contributed by atoms with Crippen molar-refractivity contribution in [1.82, 2.24) is 4.90 Å². The van der Waals surface area contributed by atoms with Crippen molar-refractivity contribution in [2.75, 3.05) is 0 Å². The minimum Gasteiger partial charge on any atom is -0.464 e. The van der Waals surface area contributed by atoms with E-state index in [1.165, 1.54) is 18.4 Å². The summed E-state index contributed by atoms with van der Waals surface area (Å²) in [5.74, 6) is -0.413. The molecule has 3 rings (SSSR count). The van der Waals surface area contributed by atoms with Gasteiger partial charge in [0.05, 0.1) is 23.8 Å². The van der Waals surface area contributed by atoms with Gasteiger partial charge in [0.1, 0.15) is 11.4 Å². The highest BCUT2D eigenvalue weighted by atomic mass is 19.1. The zero-order chi connectivity index (χ0) is 17.8. The molecule has 0 spiro atoms. The third-order valence-electron chi connectivity index (χ3n) is 4.05. The van der Waals surface area contributed by atoms with Crippen molar-refractivity contribution in [2.45, 2.75) is 26.4 Å². The maximum absolute atomic E-state index is 13.1. The fourth-order valence-corrected chi connectivity index (χ4v) is 2.70. The Kier molecular flexibility index (Phi) is 4.93. The summed E-state index contributed by atoms with van der Waals surface area (Å²) < 4.78 is 18.6. The molecule has 0 aliphatic carbocycles. The Bertz CT molecular complexity index is 947. The summed E-state index contributed by atoms with van der Waals surface area (Å²) >= 11 is 0. The van der Waals surface area contributed by atoms with Gasteiger partial charge in [-0.3, -0.25) is 9.59 Å². The van der Waals surface area contributed by atoms with Crippen molar-refractivity contribution >= 4 is 16.9 Å². The topological polar surface area (TPSA) is 50.5 Å². The maximum Gasteiger partial charge on any atom is 0.222 e. The first-order chi connectivity index (χ1) is 12.1. The van der Waals surface area contributed by atoms with Gasteiger partial charge in [0.2, 0.25) is 5.91 Å². The molecule has 0 atom stereocenters. The first kappa shape index (κ1) is 16.9. The van der Waals surface area contributed by atoms with Crippen LogP contribution in [0.25, 0.3) is 11.0 Å². The number of carbonyl (C=O) groups excluding carboxylic acids is 1. The molecule has 0 unspecified atom stereocenters. The van der Waals surface area contributed by atoms with Crippen molar-refractivity contribution in [3.63, 3.8) is 0 Å². The van der Waals surface area contributed by atoms with E-state index in [9.17, 15) is 14.0 Å². The first-order valence-corrected chi connectivity index (χ1v) is 8.10. The van der Waals surface area contributed by atoms with Gasteiger partial charge in [-0.05, 0) is 29.8 Å². The van der Waals surface area contributed by atoms with Crippen LogP contribution >= 0.6 is 0 Å². The zero-order valence-electron chi connectivity index (χ0n) is 13.9. The number of carbonyl (C=O) groups is 1. The summed E-state index contributed by atoms with van der Waals surface area (Å²) in [5, 5.41) is 0.491. The number of nitrogens with zero attached hydrogens (tertiary/aromatic N) is 1. The van der Waals surface area contributed by atoms with Crippen LogP contribution in [0.1, 0.15) is 24.5 Å². The molecule has 0 fully saturated rings. The predicted octanol–water partition coefficient (Wildman–Crippen LogP) is 3.87. The average Bonchev–Trinajstić information content (AvgIpc) is 2.64. The van der Waals surface area contributed by atoms with Crippen molar-refractivity contribution in [3.05, 3.63) is 82.0 Å². The molecule has 3 aromatic rings. The standard InChI is InChI=1S/C20H18FNO3/c1-2-19(23)22(11-14-7-9-16(21)10-8-14)12-15-13-25-18-6-4-3-5-17(18)20(15)24/h3-10,13H,2,11-12H2,1H3. The molecule has 0 aliphatic rings. The Morgan fingerprint density at radius 2 is 1.80 bits per heavy atom. The van der Waals surface area contributed by atoms with Gasteiger partial charge in [-0.15, -0.1) is 0 Å². The summed E-state index contributed by atoms with van der Waals surface area (Å²) in [5.41, 5.74) is 1.59. The molecule has 4 nitrogen and oxygen atoms in total. The lowest BCUT2D eigenvalue weighted by Gasteiger charge is -2.22. The Labute approximate surface area is 144 Å². The summed E-state index contributed by atoms with van der Waals surface area (Å²) in [6.07, 6.45) is 1.73. The lowest BCUT2D eigenvalue weighted by molar-refractivity contribution is -0.132. The predicted molar refractivity (Wildman–Crippen MR) is 93.4 cm³/mol. The number of halogens is 1. The van der Waals surface area contributed by atoms with Crippen molar-refractivity contribution in [2.24, 2.45) is 0 Å². The average molecular weight is 339 g/mol. The summed E-state index contributed by atoms with van der Waals surface area (Å²) in [6, 6.07) is 13.0. The van der Waals surface area contributed by atoms with E-state index in [-0.39, 0.29) is 23.7 Å². The summed E-state index contributed by atoms with van der Waals surface area (Å²) in [7, 11) is 0. The molecule has 25 heavy (non-hydrogen) atoms. The van der Waals surface area contributed by atoms with E-state index in [0.29, 0.717) is 29.5 Å². The normalized spacial score (nSPS) is 10.8. The number of hydrogen-bond acceptors (Lipinski definition) is 3. The molecule has 1 heterocycles. The van der Waals surface area contributed by atoms with E-state index in [1.807, 2.05) is 0 Å². The quantitative estimate of drug-likeness (QED) is 0.709. The molecular formula is C20H18FNO3. The van der Waals surface area contributed by atoms with Gasteiger partial charge in [-0.2, -0.15) is 0 Å². The zero-order valence-corrected chi connectivity index (χ0v) is 13.9.